The maximum atomic E-state index is 5.84. The molecule has 102 valence electrons. The molecule has 0 saturated heterocycles. The van der Waals surface area contributed by atoms with Gasteiger partial charge in [0.15, 0.2) is 0 Å². The Morgan fingerprint density at radius 3 is 2.78 bits per heavy atom. The summed E-state index contributed by atoms with van der Waals surface area (Å²) >= 11 is 0. The summed E-state index contributed by atoms with van der Waals surface area (Å²) in [7, 11) is 0. The summed E-state index contributed by atoms with van der Waals surface area (Å²) in [5.74, 6) is 1.66. The Kier molecular flexibility index (Phi) is 6.73. The highest BCUT2D eigenvalue weighted by Gasteiger charge is 2.05. The number of pyridine rings is 1. The van der Waals surface area contributed by atoms with Crippen LogP contribution >= 0.6 is 0 Å². The Morgan fingerprint density at radius 2 is 2.11 bits per heavy atom. The fourth-order valence-electron chi connectivity index (χ4n) is 1.77. The van der Waals surface area contributed by atoms with Crippen molar-refractivity contribution in [1.82, 2.24) is 10.3 Å². The van der Waals surface area contributed by atoms with Gasteiger partial charge < -0.3 is 10.1 Å². The van der Waals surface area contributed by atoms with E-state index < -0.39 is 0 Å². The lowest BCUT2D eigenvalue weighted by Gasteiger charge is -2.12. The normalized spacial score (nSPS) is 10.9. The number of rotatable bonds is 8. The highest BCUT2D eigenvalue weighted by Crippen LogP contribution is 2.17. The number of nitrogens with zero attached hydrogens (tertiary/aromatic N) is 1. The fraction of sp³-hybridized carbons (Fsp3) is 0.667. The molecule has 3 heteroatoms. The van der Waals surface area contributed by atoms with Crippen molar-refractivity contribution >= 4 is 0 Å². The van der Waals surface area contributed by atoms with Gasteiger partial charge in [0.25, 0.3) is 0 Å². The monoisotopic (exact) mass is 250 g/mol. The maximum absolute atomic E-state index is 5.84. The Labute approximate surface area is 111 Å². The highest BCUT2D eigenvalue weighted by molar-refractivity contribution is 5.29. The topological polar surface area (TPSA) is 34.2 Å². The Balaban J connectivity index is 2.52. The van der Waals surface area contributed by atoms with E-state index in [2.05, 4.69) is 31.1 Å². The number of aromatic nitrogens is 1. The second kappa shape index (κ2) is 8.09. The third kappa shape index (κ3) is 5.50. The molecule has 1 heterocycles. The molecule has 0 aliphatic rings. The van der Waals surface area contributed by atoms with Crippen molar-refractivity contribution in [3.05, 3.63) is 23.5 Å². The molecule has 0 amide bonds. The molecule has 0 bridgehead atoms. The minimum atomic E-state index is 0.742. The zero-order chi connectivity index (χ0) is 13.4. The summed E-state index contributed by atoms with van der Waals surface area (Å²) in [5, 5.41) is 3.30. The van der Waals surface area contributed by atoms with E-state index in [4.69, 9.17) is 4.74 Å². The molecule has 0 aromatic carbocycles. The number of aryl methyl sites for hydroxylation is 1. The molecular formula is C15H26N2O. The van der Waals surface area contributed by atoms with Crippen LogP contribution in [0.25, 0.3) is 0 Å². The minimum absolute atomic E-state index is 0.742. The molecule has 0 saturated carbocycles. The van der Waals surface area contributed by atoms with Crippen LogP contribution < -0.4 is 10.1 Å². The predicted molar refractivity (Wildman–Crippen MR) is 75.9 cm³/mol. The molecule has 1 rings (SSSR count). The van der Waals surface area contributed by atoms with E-state index in [-0.39, 0.29) is 0 Å². The van der Waals surface area contributed by atoms with Gasteiger partial charge >= 0.3 is 0 Å². The van der Waals surface area contributed by atoms with Crippen LogP contribution in [0.5, 0.6) is 5.75 Å². The number of ether oxygens (including phenoxy) is 1. The van der Waals surface area contributed by atoms with Gasteiger partial charge in [0.2, 0.25) is 0 Å². The second-order valence-corrected chi connectivity index (χ2v) is 5.06. The van der Waals surface area contributed by atoms with Crippen molar-refractivity contribution < 1.29 is 4.74 Å². The van der Waals surface area contributed by atoms with Crippen molar-refractivity contribution in [2.24, 2.45) is 5.92 Å². The van der Waals surface area contributed by atoms with E-state index in [1.807, 2.05) is 19.1 Å². The van der Waals surface area contributed by atoms with Crippen molar-refractivity contribution in [3.8, 4) is 5.75 Å². The maximum Gasteiger partial charge on any atom is 0.142 e. The van der Waals surface area contributed by atoms with E-state index in [0.29, 0.717) is 0 Å². The average molecular weight is 250 g/mol. The minimum Gasteiger partial charge on any atom is -0.492 e. The molecule has 0 radical (unpaired) electrons. The first kappa shape index (κ1) is 15.0. The molecule has 1 N–H and O–H groups in total. The van der Waals surface area contributed by atoms with Gasteiger partial charge in [0.1, 0.15) is 5.75 Å². The number of hydrogen-bond donors (Lipinski definition) is 1. The van der Waals surface area contributed by atoms with Crippen LogP contribution in [0.3, 0.4) is 0 Å². The first-order chi connectivity index (χ1) is 8.63. The molecule has 1 aromatic heterocycles. The van der Waals surface area contributed by atoms with Gasteiger partial charge in [-0.3, -0.25) is 4.98 Å². The van der Waals surface area contributed by atoms with Crippen molar-refractivity contribution in [2.75, 3.05) is 13.2 Å². The molecule has 0 aliphatic heterocycles. The predicted octanol–water partition coefficient (Wildman–Crippen LogP) is 3.31. The zero-order valence-corrected chi connectivity index (χ0v) is 12.1. The Bertz CT molecular complexity index is 350. The van der Waals surface area contributed by atoms with Crippen molar-refractivity contribution in [2.45, 2.75) is 47.1 Å². The summed E-state index contributed by atoms with van der Waals surface area (Å²) in [6.45, 7) is 11.1. The van der Waals surface area contributed by atoms with Crippen molar-refractivity contribution in [1.29, 1.82) is 0 Å². The van der Waals surface area contributed by atoms with Gasteiger partial charge in [-0.1, -0.05) is 20.8 Å². The van der Waals surface area contributed by atoms with Crippen LogP contribution in [0.2, 0.25) is 0 Å². The van der Waals surface area contributed by atoms with E-state index in [9.17, 15) is 0 Å². The molecule has 0 atom stereocenters. The van der Waals surface area contributed by atoms with E-state index >= 15 is 0 Å². The van der Waals surface area contributed by atoms with Crippen LogP contribution in [0, 0.1) is 12.8 Å². The molecule has 3 nitrogen and oxygen atoms in total. The molecule has 0 spiro atoms. The summed E-state index contributed by atoms with van der Waals surface area (Å²) < 4.78 is 5.84. The van der Waals surface area contributed by atoms with Crippen LogP contribution in [0.15, 0.2) is 12.1 Å². The lowest BCUT2D eigenvalue weighted by atomic mass is 10.1. The standard InChI is InChI=1S/C15H26N2O/c1-5-16-11-14-15(9-8-13(4)17-14)18-10-6-7-12(2)3/h8-9,12,16H,5-7,10-11H2,1-4H3. The van der Waals surface area contributed by atoms with E-state index in [0.717, 1.165) is 49.2 Å². The van der Waals surface area contributed by atoms with E-state index in [1.54, 1.807) is 0 Å². The van der Waals surface area contributed by atoms with Gasteiger partial charge in [-0.25, -0.2) is 0 Å². The summed E-state index contributed by atoms with van der Waals surface area (Å²) in [5.41, 5.74) is 2.05. The lowest BCUT2D eigenvalue weighted by Crippen LogP contribution is -2.15. The smallest absolute Gasteiger partial charge is 0.142 e. The summed E-state index contributed by atoms with van der Waals surface area (Å²) in [6, 6.07) is 4.04. The van der Waals surface area contributed by atoms with Gasteiger partial charge in [-0.15, -0.1) is 0 Å². The lowest BCUT2D eigenvalue weighted by molar-refractivity contribution is 0.292. The Morgan fingerprint density at radius 1 is 1.33 bits per heavy atom. The van der Waals surface area contributed by atoms with Crippen LogP contribution in [0.4, 0.5) is 0 Å². The molecule has 0 aliphatic carbocycles. The number of nitrogens with one attached hydrogen (secondary N) is 1. The molecule has 0 fully saturated rings. The zero-order valence-electron chi connectivity index (χ0n) is 12.1. The summed E-state index contributed by atoms with van der Waals surface area (Å²) in [6.07, 6.45) is 2.31. The second-order valence-electron chi connectivity index (χ2n) is 5.06. The third-order valence-corrected chi connectivity index (χ3v) is 2.80. The SMILES string of the molecule is CCNCc1nc(C)ccc1OCCCC(C)C. The molecule has 18 heavy (non-hydrogen) atoms. The van der Waals surface area contributed by atoms with Gasteiger partial charge in [-0.05, 0) is 44.4 Å². The summed E-state index contributed by atoms with van der Waals surface area (Å²) in [4.78, 5) is 4.54. The molecule has 1 aromatic rings. The van der Waals surface area contributed by atoms with Gasteiger partial charge in [0.05, 0.1) is 12.3 Å². The third-order valence-electron chi connectivity index (χ3n) is 2.80. The van der Waals surface area contributed by atoms with Crippen LogP contribution in [-0.2, 0) is 6.54 Å². The quantitative estimate of drug-likeness (QED) is 0.719. The highest BCUT2D eigenvalue weighted by atomic mass is 16.5. The van der Waals surface area contributed by atoms with E-state index in [1.165, 1.54) is 6.42 Å². The fourth-order valence-corrected chi connectivity index (χ4v) is 1.77. The molecular weight excluding hydrogens is 224 g/mol. The largest absolute Gasteiger partial charge is 0.492 e. The van der Waals surface area contributed by atoms with Gasteiger partial charge in [-0.2, -0.15) is 0 Å². The first-order valence-electron chi connectivity index (χ1n) is 6.93. The van der Waals surface area contributed by atoms with Crippen molar-refractivity contribution in [3.63, 3.8) is 0 Å². The van der Waals surface area contributed by atoms with Crippen LogP contribution in [-0.4, -0.2) is 18.1 Å². The van der Waals surface area contributed by atoms with Crippen LogP contribution in [0.1, 0.15) is 45.0 Å². The first-order valence-corrected chi connectivity index (χ1v) is 6.93. The Hall–Kier alpha value is -1.09. The average Bonchev–Trinajstić information content (AvgIpc) is 2.33. The van der Waals surface area contributed by atoms with Gasteiger partial charge in [0, 0.05) is 12.2 Å². The molecule has 0 unspecified atom stereocenters. The number of hydrogen-bond acceptors (Lipinski definition) is 3.